The largest absolute Gasteiger partial charge is 0.478 e. The van der Waals surface area contributed by atoms with Gasteiger partial charge >= 0.3 is 11.9 Å². The van der Waals surface area contributed by atoms with Gasteiger partial charge in [-0.25, -0.2) is 16.8 Å². The topological polar surface area (TPSA) is 317 Å². The number of fused-ring (bicyclic) bond motifs is 6. The summed E-state index contributed by atoms with van der Waals surface area (Å²) in [7, 11) is -7.73. The van der Waals surface area contributed by atoms with Crippen molar-refractivity contribution in [1.29, 1.82) is 0 Å². The van der Waals surface area contributed by atoms with E-state index in [-0.39, 0.29) is 122 Å². The molecule has 4 aliphatic heterocycles. The molecule has 2 aromatic carbocycles. The van der Waals surface area contributed by atoms with Gasteiger partial charge in [-0.1, -0.05) is 101 Å². The molecule has 2 saturated heterocycles. The monoisotopic (exact) mass is 1630 g/mol. The second-order valence-electron chi connectivity index (χ2n) is 34.9. The zero-order valence-corrected chi connectivity index (χ0v) is 69.8. The first-order valence-corrected chi connectivity index (χ1v) is 44.0. The van der Waals surface area contributed by atoms with Crippen molar-refractivity contribution >= 4 is 112 Å². The lowest BCUT2D eigenvalue weighted by atomic mass is 9.82. The lowest BCUT2D eigenvalue weighted by Gasteiger charge is -2.32. The van der Waals surface area contributed by atoms with E-state index in [0.29, 0.717) is 121 Å². The molecule has 6 fully saturated rings. The van der Waals surface area contributed by atoms with Crippen molar-refractivity contribution in [3.8, 4) is 23.5 Å². The first-order valence-electron chi connectivity index (χ1n) is 40.1. The maximum atomic E-state index is 14.9. The SMILES string of the molecule is CCCOc1cc2c(Cl)cccc2c(O[C@@H]2C[C@H]3C(=O)C[C@]4(C(=O)NS(=O)(=O)C5CC5)C[C@H]4/C=C\CC[C@@H](C)C[C@@H](C)[C@H](CC(=O)OC(C)(C)C)C(=O)N3C2)n1.CCCOc1cc2c(Cl)cccc2c(O[C@@H]2C[C@H]3C(=O)C[C@]4(C(=O)NS(=O)(=O)C5CC5)C[C@H]4/C=C\CC[C@H](C)C[C@@H](C)[C@H](CC(=O)OC(C)(C)C)C(=O)N3C2)n1. The van der Waals surface area contributed by atoms with Crippen LogP contribution < -0.4 is 28.4 Å². The number of esters is 2. The molecular weight excluding hydrogens is 1520 g/mol. The maximum Gasteiger partial charge on any atom is 0.307 e. The highest BCUT2D eigenvalue weighted by Gasteiger charge is 2.63. The molecular formula is C84H112Cl2N6O18S2. The smallest absolute Gasteiger partial charge is 0.307 e. The second kappa shape index (κ2) is 35.0. The number of ketones is 2. The molecule has 4 aromatic rings. The Morgan fingerprint density at radius 3 is 1.27 bits per heavy atom. The summed E-state index contributed by atoms with van der Waals surface area (Å²) in [4.78, 5) is 126. The number of carbonyl (C=O) groups excluding carboxylic acids is 8. The summed E-state index contributed by atoms with van der Waals surface area (Å²) in [6.07, 6.45) is 14.3. The summed E-state index contributed by atoms with van der Waals surface area (Å²) in [6.45, 7) is 23.7. The van der Waals surface area contributed by atoms with Gasteiger partial charge in [-0.3, -0.25) is 47.8 Å². The van der Waals surface area contributed by atoms with Gasteiger partial charge in [-0.2, -0.15) is 9.97 Å². The molecule has 0 bridgehead atoms. The number of aromatic nitrogens is 2. The fraction of sp³-hybridized carbons (Fsp3) is 0.643. The molecule has 12 rings (SSSR count). The van der Waals surface area contributed by atoms with Gasteiger partial charge in [0.1, 0.15) is 23.4 Å². The molecule has 0 spiro atoms. The quantitative estimate of drug-likeness (QED) is 0.0613. The predicted molar refractivity (Wildman–Crippen MR) is 425 cm³/mol. The number of nitrogens with zero attached hydrogens (tertiary/aromatic N) is 4. The number of amides is 4. The lowest BCUT2D eigenvalue weighted by Crippen LogP contribution is -2.47. The first kappa shape index (κ1) is 85.5. The number of rotatable bonds is 20. The molecule has 0 radical (unpaired) electrons. The molecule has 28 heteroatoms. The highest BCUT2D eigenvalue weighted by atomic mass is 35.5. The van der Waals surface area contributed by atoms with Crippen LogP contribution in [0.15, 0.2) is 72.8 Å². The van der Waals surface area contributed by atoms with Crippen LogP contribution in [-0.4, -0.2) is 156 Å². The third-order valence-electron chi connectivity index (χ3n) is 22.9. The number of ether oxygens (including phenoxy) is 6. The van der Waals surface area contributed by atoms with Crippen LogP contribution >= 0.6 is 23.2 Å². The number of hydrogen-bond acceptors (Lipinski definition) is 20. The number of carbonyl (C=O) groups is 8. The summed E-state index contributed by atoms with van der Waals surface area (Å²) in [5.41, 5.74) is -4.05. The van der Waals surface area contributed by atoms with E-state index < -0.39 is 112 Å². The van der Waals surface area contributed by atoms with Crippen LogP contribution in [0.2, 0.25) is 10.0 Å². The molecule has 2 N–H and O–H groups in total. The van der Waals surface area contributed by atoms with Crippen molar-refractivity contribution in [2.24, 2.45) is 58.2 Å². The minimum absolute atomic E-state index is 0.0186. The predicted octanol–water partition coefficient (Wildman–Crippen LogP) is 13.9. The third-order valence-corrected chi connectivity index (χ3v) is 27.2. The van der Waals surface area contributed by atoms with Crippen LogP contribution in [0.3, 0.4) is 0 Å². The van der Waals surface area contributed by atoms with Crippen LogP contribution in [0.25, 0.3) is 21.5 Å². The Morgan fingerprint density at radius 2 is 0.920 bits per heavy atom. The van der Waals surface area contributed by atoms with Crippen molar-refractivity contribution in [3.63, 3.8) is 0 Å². The fourth-order valence-electron chi connectivity index (χ4n) is 16.5. The van der Waals surface area contributed by atoms with E-state index in [4.69, 9.17) is 51.6 Å². The standard InChI is InChI=1S/2C42H56ClN3O9S/c2*1-7-17-53-36-20-32-30(13-10-14-33(32)43)38(44-36)54-28-19-34-35(47)23-42(40(50)45-56(51,52)29-15-16-29)22-27(42)12-9-8-11-25(2)18-26(3)31(39(49)46(34)24-28)21-37(48)55-41(4,5)6/h2*9-10,12-14,20,25-29,31,34H,7-8,11,15-19,21-24H2,1-6H3,(H,45,50)/b2*12-9-/t25-,26+,27+,28+,31-,34-,42+;25-,26-,27-,28-,31+,34+,42-/m01/s1. The van der Waals surface area contributed by atoms with E-state index in [0.717, 1.165) is 25.7 Å². The van der Waals surface area contributed by atoms with E-state index in [1.165, 1.54) is 9.80 Å². The number of nitrogens with one attached hydrogen (secondary N) is 2. The number of hydrogen-bond donors (Lipinski definition) is 2. The molecule has 6 heterocycles. The van der Waals surface area contributed by atoms with E-state index in [1.54, 1.807) is 77.9 Å². The van der Waals surface area contributed by atoms with Crippen LogP contribution in [0, 0.1) is 58.2 Å². The number of Topliss-reactive ketones (excluding diaryl/α,β-unsaturated/α-hetero) is 2. The van der Waals surface area contributed by atoms with Gasteiger partial charge < -0.3 is 38.2 Å². The molecule has 14 atom stereocenters. The molecule has 24 nitrogen and oxygen atoms in total. The molecule has 112 heavy (non-hydrogen) atoms. The van der Waals surface area contributed by atoms with Crippen LogP contribution in [-0.2, 0) is 67.9 Å². The molecule has 8 aliphatic rings. The van der Waals surface area contributed by atoms with Crippen LogP contribution in [0.4, 0.5) is 0 Å². The normalized spacial score (nSPS) is 29.4. The van der Waals surface area contributed by atoms with E-state index in [9.17, 15) is 55.2 Å². The van der Waals surface area contributed by atoms with Crippen LogP contribution in [0.1, 0.15) is 212 Å². The zero-order chi connectivity index (χ0) is 81.2. The van der Waals surface area contributed by atoms with Crippen molar-refractivity contribution < 1.29 is 83.6 Å². The minimum Gasteiger partial charge on any atom is -0.478 e. The van der Waals surface area contributed by atoms with Crippen LogP contribution in [0.5, 0.6) is 23.5 Å². The average Bonchev–Trinajstić information content (AvgIpc) is 1.57. The van der Waals surface area contributed by atoms with E-state index in [2.05, 4.69) is 33.3 Å². The average molecular weight is 1630 g/mol. The van der Waals surface area contributed by atoms with Gasteiger partial charge in [0.05, 0.1) is 84.4 Å². The number of pyridine rings is 2. The summed E-state index contributed by atoms with van der Waals surface area (Å²) < 4.78 is 92.7. The third kappa shape index (κ3) is 21.0. The zero-order valence-electron chi connectivity index (χ0n) is 66.7. The fourth-order valence-corrected chi connectivity index (χ4v) is 19.8. The van der Waals surface area contributed by atoms with Gasteiger partial charge in [-0.15, -0.1) is 0 Å². The van der Waals surface area contributed by atoms with Crippen molar-refractivity contribution in [1.82, 2.24) is 29.2 Å². The van der Waals surface area contributed by atoms with Crippen molar-refractivity contribution in [3.05, 3.63) is 82.9 Å². The Labute approximate surface area is 669 Å². The summed E-state index contributed by atoms with van der Waals surface area (Å²) in [5.74, 6) is -5.00. The molecule has 4 saturated carbocycles. The summed E-state index contributed by atoms with van der Waals surface area (Å²) in [5, 5.41) is 2.36. The van der Waals surface area contributed by atoms with Gasteiger partial charge in [0, 0.05) is 69.4 Å². The Balaban J connectivity index is 0.000000221. The molecule has 0 unspecified atom stereocenters. The highest BCUT2D eigenvalue weighted by Crippen LogP contribution is 2.59. The van der Waals surface area contributed by atoms with E-state index in [1.807, 2.05) is 64.1 Å². The molecule has 612 valence electrons. The number of allylic oxidation sites excluding steroid dienone is 4. The minimum atomic E-state index is -3.87. The number of sulfonamides is 2. The van der Waals surface area contributed by atoms with Gasteiger partial charge in [0.2, 0.25) is 67.2 Å². The number of halogens is 2. The molecule has 2 aromatic heterocycles. The maximum absolute atomic E-state index is 14.9. The van der Waals surface area contributed by atoms with Gasteiger partial charge in [-0.05, 0) is 191 Å². The Morgan fingerprint density at radius 1 is 0.545 bits per heavy atom. The Kier molecular flexibility index (Phi) is 26.7. The van der Waals surface area contributed by atoms with Gasteiger partial charge in [0.15, 0.2) is 11.6 Å². The summed E-state index contributed by atoms with van der Waals surface area (Å²) >= 11 is 13.2. The van der Waals surface area contributed by atoms with E-state index >= 15 is 0 Å². The summed E-state index contributed by atoms with van der Waals surface area (Å²) in [6, 6.07) is 12.2. The van der Waals surface area contributed by atoms with Crippen molar-refractivity contribution in [2.45, 2.75) is 257 Å². The van der Waals surface area contributed by atoms with Gasteiger partial charge in [0.25, 0.3) is 0 Å². The number of benzene rings is 2. The highest BCUT2D eigenvalue weighted by molar-refractivity contribution is 7.91. The second-order valence-corrected chi connectivity index (χ2v) is 39.6. The van der Waals surface area contributed by atoms with Crippen molar-refractivity contribution in [2.75, 3.05) is 26.3 Å². The first-order chi connectivity index (χ1) is 52.8. The lowest BCUT2D eigenvalue weighted by molar-refractivity contribution is -0.160. The Hall–Kier alpha value is -7.42. The Bertz CT molecular complexity index is 4230. The molecule has 4 amide bonds. The molecule has 4 aliphatic carbocycles.